The van der Waals surface area contributed by atoms with Crippen LogP contribution in [0.25, 0.3) is 10.9 Å². The number of aromatic nitrogens is 3. The first-order valence-electron chi connectivity index (χ1n) is 10.3. The Balaban J connectivity index is 1.79. The van der Waals surface area contributed by atoms with Crippen LogP contribution >= 0.6 is 0 Å². The number of nitrogens with two attached hydrogens (primary N) is 1. The zero-order chi connectivity index (χ0) is 26.2. The number of rotatable bonds is 5. The van der Waals surface area contributed by atoms with Gasteiger partial charge in [-0.2, -0.15) is 23.5 Å². The van der Waals surface area contributed by atoms with E-state index in [1.807, 2.05) is 0 Å². The minimum absolute atomic E-state index is 0.0580. The summed E-state index contributed by atoms with van der Waals surface area (Å²) in [4.78, 5) is 28.9. The van der Waals surface area contributed by atoms with Crippen molar-refractivity contribution in [1.82, 2.24) is 14.8 Å². The summed E-state index contributed by atoms with van der Waals surface area (Å²) in [7, 11) is 0. The Labute approximate surface area is 201 Å². The second-order valence-electron chi connectivity index (χ2n) is 7.77. The summed E-state index contributed by atoms with van der Waals surface area (Å²) in [6.07, 6.45) is -4.93. The van der Waals surface area contributed by atoms with E-state index in [9.17, 15) is 32.4 Å². The predicted octanol–water partition coefficient (Wildman–Crippen LogP) is 4.17. The van der Waals surface area contributed by atoms with E-state index < -0.39 is 35.2 Å². The van der Waals surface area contributed by atoms with Gasteiger partial charge < -0.3 is 11.1 Å². The van der Waals surface area contributed by atoms with Gasteiger partial charge in [-0.25, -0.2) is 9.37 Å². The van der Waals surface area contributed by atoms with Crippen molar-refractivity contribution in [3.63, 3.8) is 0 Å². The van der Waals surface area contributed by atoms with Gasteiger partial charge in [0.2, 0.25) is 0 Å². The summed E-state index contributed by atoms with van der Waals surface area (Å²) < 4.78 is 56.0. The molecule has 4 rings (SSSR count). The predicted molar refractivity (Wildman–Crippen MR) is 120 cm³/mol. The number of para-hydroxylation sites is 1. The molecule has 0 bridgehead atoms. The smallest absolute Gasteiger partial charge is 0.364 e. The number of hydrogen-bond donors (Lipinski definition) is 2. The lowest BCUT2D eigenvalue weighted by Gasteiger charge is -2.11. The quantitative estimate of drug-likeness (QED) is 0.401. The van der Waals surface area contributed by atoms with E-state index in [2.05, 4.69) is 15.4 Å². The minimum Gasteiger partial charge on any atom is -0.364 e. The zero-order valence-corrected chi connectivity index (χ0v) is 18.5. The van der Waals surface area contributed by atoms with Gasteiger partial charge >= 0.3 is 6.18 Å². The number of nitriles is 1. The molecule has 2 aromatic heterocycles. The number of nitrogens with zero attached hydrogens (tertiary/aromatic N) is 4. The van der Waals surface area contributed by atoms with Gasteiger partial charge in [0.1, 0.15) is 11.5 Å². The van der Waals surface area contributed by atoms with Gasteiger partial charge in [0.05, 0.1) is 40.6 Å². The average molecular weight is 496 g/mol. The minimum atomic E-state index is -4.93. The first kappa shape index (κ1) is 24.3. The van der Waals surface area contributed by atoms with Crippen LogP contribution in [0.3, 0.4) is 0 Å². The fourth-order valence-corrected chi connectivity index (χ4v) is 3.67. The highest BCUT2D eigenvalue weighted by atomic mass is 19.4. The molecule has 0 atom stereocenters. The molecule has 12 heteroatoms. The standard InChI is InChI=1S/C24H16F4N6O2/c1-12-20(32-23(36)17-9-19(22(30)35)31-18-5-3-2-4-16(17)18)21(24(26,27)28)33-34(12)11-13-6-7-15(25)8-14(13)10-29/h2-9H,11H2,1H3,(H2,30,35)(H,32,36). The summed E-state index contributed by atoms with van der Waals surface area (Å²) in [5, 5.41) is 15.4. The van der Waals surface area contributed by atoms with Crippen LogP contribution in [0.2, 0.25) is 0 Å². The number of carbonyl (C=O) groups is 2. The fourth-order valence-electron chi connectivity index (χ4n) is 3.67. The molecule has 3 N–H and O–H groups in total. The summed E-state index contributed by atoms with van der Waals surface area (Å²) in [6, 6.07) is 12.5. The molecule has 4 aromatic rings. The molecule has 182 valence electrons. The van der Waals surface area contributed by atoms with Gasteiger partial charge in [-0.3, -0.25) is 14.3 Å². The van der Waals surface area contributed by atoms with Crippen LogP contribution in [0.1, 0.15) is 43.4 Å². The Morgan fingerprint density at radius 3 is 2.56 bits per heavy atom. The van der Waals surface area contributed by atoms with Crippen molar-refractivity contribution >= 4 is 28.4 Å². The largest absolute Gasteiger partial charge is 0.437 e. The molecule has 0 aliphatic rings. The highest BCUT2D eigenvalue weighted by Crippen LogP contribution is 2.36. The Hall–Kier alpha value is -4.79. The highest BCUT2D eigenvalue weighted by Gasteiger charge is 2.39. The van der Waals surface area contributed by atoms with Crippen molar-refractivity contribution in [1.29, 1.82) is 5.26 Å². The van der Waals surface area contributed by atoms with Crippen molar-refractivity contribution in [2.45, 2.75) is 19.6 Å². The number of alkyl halides is 3. The number of nitrogens with one attached hydrogen (secondary N) is 1. The van der Waals surface area contributed by atoms with Crippen molar-refractivity contribution in [2.75, 3.05) is 5.32 Å². The lowest BCUT2D eigenvalue weighted by Crippen LogP contribution is -2.19. The fraction of sp³-hybridized carbons (Fsp3) is 0.125. The maximum absolute atomic E-state index is 13.9. The van der Waals surface area contributed by atoms with Gasteiger partial charge in [0.25, 0.3) is 11.8 Å². The highest BCUT2D eigenvalue weighted by molar-refractivity contribution is 6.14. The van der Waals surface area contributed by atoms with E-state index in [1.54, 1.807) is 18.2 Å². The number of carbonyl (C=O) groups excluding carboxylic acids is 2. The zero-order valence-electron chi connectivity index (χ0n) is 18.5. The number of amides is 2. The van der Waals surface area contributed by atoms with E-state index in [0.717, 1.165) is 22.9 Å². The van der Waals surface area contributed by atoms with Crippen LogP contribution in [0.4, 0.5) is 23.2 Å². The van der Waals surface area contributed by atoms with Gasteiger partial charge in [0, 0.05) is 5.39 Å². The number of pyridine rings is 1. The lowest BCUT2D eigenvalue weighted by molar-refractivity contribution is -0.140. The SMILES string of the molecule is Cc1c(NC(=O)c2cc(C(N)=O)nc3ccccc23)c(C(F)(F)F)nn1Cc1ccc(F)cc1C#N. The normalized spacial score (nSPS) is 11.3. The Kier molecular flexibility index (Phi) is 6.15. The third-order valence-corrected chi connectivity index (χ3v) is 5.44. The summed E-state index contributed by atoms with van der Waals surface area (Å²) in [5.74, 6) is -2.53. The molecule has 8 nitrogen and oxygen atoms in total. The third kappa shape index (κ3) is 4.58. The summed E-state index contributed by atoms with van der Waals surface area (Å²) in [5.41, 5.74) is 3.36. The van der Waals surface area contributed by atoms with E-state index in [1.165, 1.54) is 25.1 Å². The van der Waals surface area contributed by atoms with Crippen LogP contribution in [0.5, 0.6) is 0 Å². The van der Waals surface area contributed by atoms with Gasteiger partial charge in [-0.1, -0.05) is 24.3 Å². The number of benzene rings is 2. The van der Waals surface area contributed by atoms with Crippen LogP contribution in [0.15, 0.2) is 48.5 Å². The second kappa shape index (κ2) is 9.10. The molecular formula is C24H16F4N6O2. The molecule has 0 aliphatic heterocycles. The van der Waals surface area contributed by atoms with Crippen molar-refractivity contribution in [2.24, 2.45) is 5.73 Å². The third-order valence-electron chi connectivity index (χ3n) is 5.44. The molecule has 0 spiro atoms. The number of anilines is 1. The van der Waals surface area contributed by atoms with Crippen molar-refractivity contribution in [3.05, 3.63) is 88.1 Å². The van der Waals surface area contributed by atoms with Crippen LogP contribution < -0.4 is 11.1 Å². The first-order valence-corrected chi connectivity index (χ1v) is 10.3. The van der Waals surface area contributed by atoms with Crippen LogP contribution in [-0.4, -0.2) is 26.6 Å². The lowest BCUT2D eigenvalue weighted by atomic mass is 10.1. The van der Waals surface area contributed by atoms with E-state index in [4.69, 9.17) is 5.73 Å². The summed E-state index contributed by atoms with van der Waals surface area (Å²) >= 11 is 0. The van der Waals surface area contributed by atoms with Gasteiger partial charge in [0.15, 0.2) is 5.69 Å². The molecule has 0 aliphatic carbocycles. The second-order valence-corrected chi connectivity index (χ2v) is 7.77. The molecule has 0 radical (unpaired) electrons. The molecule has 2 heterocycles. The molecule has 36 heavy (non-hydrogen) atoms. The molecule has 2 aromatic carbocycles. The summed E-state index contributed by atoms with van der Waals surface area (Å²) in [6.45, 7) is 1.03. The van der Waals surface area contributed by atoms with Crippen LogP contribution in [-0.2, 0) is 12.7 Å². The van der Waals surface area contributed by atoms with Crippen LogP contribution in [0, 0.1) is 24.1 Å². The van der Waals surface area contributed by atoms with E-state index in [-0.39, 0.29) is 40.1 Å². The topological polar surface area (TPSA) is 127 Å². The maximum Gasteiger partial charge on any atom is 0.437 e. The average Bonchev–Trinajstić information content (AvgIpc) is 3.14. The van der Waals surface area contributed by atoms with E-state index in [0.29, 0.717) is 5.39 Å². The van der Waals surface area contributed by atoms with Gasteiger partial charge in [-0.05, 0) is 36.8 Å². The van der Waals surface area contributed by atoms with Crippen molar-refractivity contribution in [3.8, 4) is 6.07 Å². The monoisotopic (exact) mass is 496 g/mol. The maximum atomic E-state index is 13.9. The molecule has 0 saturated carbocycles. The first-order chi connectivity index (χ1) is 17.0. The molecule has 0 saturated heterocycles. The Morgan fingerprint density at radius 1 is 1.17 bits per heavy atom. The van der Waals surface area contributed by atoms with E-state index >= 15 is 0 Å². The number of hydrogen-bond acceptors (Lipinski definition) is 5. The Morgan fingerprint density at radius 2 is 1.89 bits per heavy atom. The molecular weight excluding hydrogens is 480 g/mol. The molecule has 0 fully saturated rings. The van der Waals surface area contributed by atoms with Gasteiger partial charge in [-0.15, -0.1) is 0 Å². The number of primary amides is 1. The number of fused-ring (bicyclic) bond motifs is 1. The molecule has 0 unspecified atom stereocenters. The number of halogens is 4. The molecule has 2 amide bonds. The Bertz CT molecular complexity index is 1570. The van der Waals surface area contributed by atoms with Crippen molar-refractivity contribution < 1.29 is 27.2 Å².